The van der Waals surface area contributed by atoms with Crippen molar-refractivity contribution in [1.29, 1.82) is 0 Å². The minimum atomic E-state index is 0.537. The number of aromatic nitrogens is 4. The number of halogens is 1. The molecule has 0 aliphatic rings. The molecule has 120 valence electrons. The molecule has 22 heavy (non-hydrogen) atoms. The first-order valence-corrected chi connectivity index (χ1v) is 7.98. The lowest BCUT2D eigenvalue weighted by Gasteiger charge is -2.16. The van der Waals surface area contributed by atoms with Crippen molar-refractivity contribution < 1.29 is 9.47 Å². The number of nitrogens with zero attached hydrogens (tertiary/aromatic N) is 4. The zero-order valence-corrected chi connectivity index (χ0v) is 14.6. The van der Waals surface area contributed by atoms with E-state index < -0.39 is 0 Å². The van der Waals surface area contributed by atoms with Crippen LogP contribution in [0.4, 0.5) is 5.95 Å². The van der Waals surface area contributed by atoms with Crippen LogP contribution >= 0.6 is 15.9 Å². The second-order valence-corrected chi connectivity index (χ2v) is 5.53. The SMILES string of the molecule is CCCOc1c(CNc2nnnn2CC)cc(Br)cc1OC. The molecule has 2 aromatic rings. The van der Waals surface area contributed by atoms with E-state index in [1.807, 2.05) is 19.1 Å². The van der Waals surface area contributed by atoms with Gasteiger partial charge in [0, 0.05) is 23.1 Å². The molecule has 0 amide bonds. The number of aryl methyl sites for hydroxylation is 1. The zero-order chi connectivity index (χ0) is 15.9. The van der Waals surface area contributed by atoms with Crippen LogP contribution in [0.3, 0.4) is 0 Å². The average Bonchev–Trinajstić information content (AvgIpc) is 2.98. The topological polar surface area (TPSA) is 74.1 Å². The quantitative estimate of drug-likeness (QED) is 0.770. The molecule has 1 heterocycles. The summed E-state index contributed by atoms with van der Waals surface area (Å²) in [6.45, 7) is 5.93. The van der Waals surface area contributed by atoms with Gasteiger partial charge in [-0.1, -0.05) is 28.0 Å². The lowest BCUT2D eigenvalue weighted by atomic mass is 10.2. The lowest BCUT2D eigenvalue weighted by Crippen LogP contribution is -2.10. The summed E-state index contributed by atoms with van der Waals surface area (Å²) in [6.07, 6.45) is 0.931. The van der Waals surface area contributed by atoms with Gasteiger partial charge in [0.2, 0.25) is 5.95 Å². The van der Waals surface area contributed by atoms with Gasteiger partial charge in [-0.25, -0.2) is 4.68 Å². The number of ether oxygens (including phenoxy) is 2. The Balaban J connectivity index is 2.22. The molecule has 1 aromatic heterocycles. The van der Waals surface area contributed by atoms with E-state index in [9.17, 15) is 0 Å². The normalized spacial score (nSPS) is 10.5. The van der Waals surface area contributed by atoms with Gasteiger partial charge >= 0.3 is 0 Å². The van der Waals surface area contributed by atoms with E-state index in [2.05, 4.69) is 43.7 Å². The Hall–Kier alpha value is -1.83. The molecule has 0 atom stereocenters. The van der Waals surface area contributed by atoms with Crippen molar-refractivity contribution in [2.45, 2.75) is 33.4 Å². The number of nitrogens with one attached hydrogen (secondary N) is 1. The summed E-state index contributed by atoms with van der Waals surface area (Å²) in [5.74, 6) is 2.08. The van der Waals surface area contributed by atoms with Gasteiger partial charge in [0.05, 0.1) is 13.7 Å². The molecule has 7 nitrogen and oxygen atoms in total. The van der Waals surface area contributed by atoms with Crippen LogP contribution in [0.15, 0.2) is 16.6 Å². The minimum absolute atomic E-state index is 0.537. The molecule has 1 N–H and O–H groups in total. The molecule has 1 aromatic carbocycles. The van der Waals surface area contributed by atoms with E-state index in [0.717, 1.165) is 22.2 Å². The largest absolute Gasteiger partial charge is 0.493 e. The summed E-state index contributed by atoms with van der Waals surface area (Å²) in [5, 5.41) is 14.8. The molecule has 0 saturated heterocycles. The van der Waals surface area contributed by atoms with Crippen LogP contribution in [0.2, 0.25) is 0 Å². The van der Waals surface area contributed by atoms with Crippen molar-refractivity contribution in [2.24, 2.45) is 0 Å². The van der Waals surface area contributed by atoms with Crippen LogP contribution in [-0.4, -0.2) is 33.9 Å². The first kappa shape index (κ1) is 16.5. The molecule has 0 bridgehead atoms. The predicted octanol–water partition coefficient (Wildman–Crippen LogP) is 2.87. The molecule has 0 saturated carbocycles. The Morgan fingerprint density at radius 1 is 1.32 bits per heavy atom. The zero-order valence-electron chi connectivity index (χ0n) is 13.0. The minimum Gasteiger partial charge on any atom is -0.493 e. The van der Waals surface area contributed by atoms with Gasteiger partial charge in [0.15, 0.2) is 11.5 Å². The highest BCUT2D eigenvalue weighted by Gasteiger charge is 2.14. The number of rotatable bonds is 8. The third-order valence-corrected chi connectivity index (χ3v) is 3.49. The Morgan fingerprint density at radius 2 is 2.14 bits per heavy atom. The van der Waals surface area contributed by atoms with Gasteiger partial charge in [-0.3, -0.25) is 0 Å². The first-order chi connectivity index (χ1) is 10.7. The van der Waals surface area contributed by atoms with Crippen LogP contribution < -0.4 is 14.8 Å². The maximum atomic E-state index is 5.85. The summed E-state index contributed by atoms with van der Waals surface area (Å²) in [6, 6.07) is 3.89. The van der Waals surface area contributed by atoms with E-state index in [4.69, 9.17) is 9.47 Å². The van der Waals surface area contributed by atoms with Gasteiger partial charge in [0.25, 0.3) is 0 Å². The number of methoxy groups -OCH3 is 1. The first-order valence-electron chi connectivity index (χ1n) is 7.18. The second kappa shape index (κ2) is 7.98. The highest BCUT2D eigenvalue weighted by atomic mass is 79.9. The highest BCUT2D eigenvalue weighted by molar-refractivity contribution is 9.10. The lowest BCUT2D eigenvalue weighted by molar-refractivity contribution is 0.291. The fourth-order valence-corrected chi connectivity index (χ4v) is 2.48. The number of benzene rings is 1. The fourth-order valence-electron chi connectivity index (χ4n) is 1.99. The number of hydrogen-bond acceptors (Lipinski definition) is 6. The van der Waals surface area contributed by atoms with E-state index in [-0.39, 0.29) is 0 Å². The fraction of sp³-hybridized carbons (Fsp3) is 0.500. The molecule has 0 aliphatic carbocycles. The Kier molecular flexibility index (Phi) is 6.00. The molecular formula is C14H20BrN5O2. The van der Waals surface area contributed by atoms with Gasteiger partial charge in [-0.05, 0) is 35.9 Å². The van der Waals surface area contributed by atoms with Crippen molar-refractivity contribution in [3.05, 3.63) is 22.2 Å². The summed E-state index contributed by atoms with van der Waals surface area (Å²) in [4.78, 5) is 0. The van der Waals surface area contributed by atoms with Gasteiger partial charge in [0.1, 0.15) is 0 Å². The molecule has 0 spiro atoms. The maximum Gasteiger partial charge on any atom is 0.243 e. The van der Waals surface area contributed by atoms with Crippen LogP contribution in [0.1, 0.15) is 25.8 Å². The van der Waals surface area contributed by atoms with Crippen LogP contribution in [-0.2, 0) is 13.1 Å². The standard InChI is InChI=1S/C14H20BrN5O2/c1-4-6-22-13-10(7-11(15)8-12(13)21-3)9-16-14-17-18-19-20(14)5-2/h7-8H,4-6,9H2,1-3H3,(H,16,17,19). The molecule has 0 aliphatic heterocycles. The predicted molar refractivity (Wildman–Crippen MR) is 87.3 cm³/mol. The van der Waals surface area contributed by atoms with Crippen molar-refractivity contribution >= 4 is 21.9 Å². The molecule has 8 heteroatoms. The molecule has 0 radical (unpaired) electrons. The third kappa shape index (κ3) is 3.88. The molecule has 0 fully saturated rings. The summed E-state index contributed by atoms with van der Waals surface area (Å²) < 4.78 is 13.9. The number of hydrogen-bond donors (Lipinski definition) is 1. The summed E-state index contributed by atoms with van der Waals surface area (Å²) >= 11 is 3.49. The van der Waals surface area contributed by atoms with Crippen molar-refractivity contribution in [3.63, 3.8) is 0 Å². The second-order valence-electron chi connectivity index (χ2n) is 4.62. The summed E-state index contributed by atoms with van der Waals surface area (Å²) in [5.41, 5.74) is 0.977. The Bertz CT molecular complexity index is 617. The van der Waals surface area contributed by atoms with Gasteiger partial charge in [-0.15, -0.1) is 0 Å². The van der Waals surface area contributed by atoms with E-state index in [0.29, 0.717) is 31.4 Å². The maximum absolute atomic E-state index is 5.85. The monoisotopic (exact) mass is 369 g/mol. The van der Waals surface area contributed by atoms with E-state index >= 15 is 0 Å². The Morgan fingerprint density at radius 3 is 2.82 bits per heavy atom. The number of tetrazole rings is 1. The third-order valence-electron chi connectivity index (χ3n) is 3.04. The van der Waals surface area contributed by atoms with Crippen LogP contribution in [0.5, 0.6) is 11.5 Å². The highest BCUT2D eigenvalue weighted by Crippen LogP contribution is 2.35. The average molecular weight is 370 g/mol. The van der Waals surface area contributed by atoms with Crippen molar-refractivity contribution in [2.75, 3.05) is 19.0 Å². The number of anilines is 1. The Labute approximate surface area is 138 Å². The van der Waals surface area contributed by atoms with Gasteiger partial charge in [-0.2, -0.15) is 0 Å². The van der Waals surface area contributed by atoms with Gasteiger partial charge < -0.3 is 14.8 Å². The summed E-state index contributed by atoms with van der Waals surface area (Å²) in [7, 11) is 1.63. The van der Waals surface area contributed by atoms with E-state index in [1.54, 1.807) is 11.8 Å². The molecule has 2 rings (SSSR count). The molecular weight excluding hydrogens is 350 g/mol. The smallest absolute Gasteiger partial charge is 0.243 e. The van der Waals surface area contributed by atoms with Crippen molar-refractivity contribution in [3.8, 4) is 11.5 Å². The van der Waals surface area contributed by atoms with Crippen LogP contribution in [0, 0.1) is 0 Å². The van der Waals surface area contributed by atoms with Crippen molar-refractivity contribution in [1.82, 2.24) is 20.2 Å². The van der Waals surface area contributed by atoms with Crippen LogP contribution in [0.25, 0.3) is 0 Å². The van der Waals surface area contributed by atoms with E-state index in [1.165, 1.54) is 0 Å². The molecule has 0 unspecified atom stereocenters.